The van der Waals surface area contributed by atoms with Crippen LogP contribution in [0.1, 0.15) is 12.5 Å². The largest absolute Gasteiger partial charge is 0.504 e. The lowest BCUT2D eigenvalue weighted by molar-refractivity contribution is -0.144. The number of ether oxygens (including phenoxy) is 1. The van der Waals surface area contributed by atoms with Crippen LogP contribution in [0.2, 0.25) is 0 Å². The first-order valence-corrected chi connectivity index (χ1v) is 5.30. The van der Waals surface area contributed by atoms with E-state index in [-0.39, 0.29) is 23.8 Å². The van der Waals surface area contributed by atoms with Crippen molar-refractivity contribution in [1.82, 2.24) is 5.32 Å². The van der Waals surface area contributed by atoms with E-state index in [1.165, 1.54) is 26.2 Å². The van der Waals surface area contributed by atoms with Crippen molar-refractivity contribution in [3.05, 3.63) is 23.8 Å². The van der Waals surface area contributed by atoms with Crippen LogP contribution in [0.15, 0.2) is 18.2 Å². The number of aromatic hydroxyl groups is 2. The summed E-state index contributed by atoms with van der Waals surface area (Å²) in [6, 6.07) is 3.36. The summed E-state index contributed by atoms with van der Waals surface area (Å²) in [7, 11) is 1.23. The highest BCUT2D eigenvalue weighted by molar-refractivity contribution is 5.83. The number of nitrogens with one attached hydrogen (secondary N) is 1. The third-order valence-electron chi connectivity index (χ3n) is 2.34. The van der Waals surface area contributed by atoms with Crippen molar-refractivity contribution >= 4 is 11.9 Å². The zero-order valence-corrected chi connectivity index (χ0v) is 10.1. The van der Waals surface area contributed by atoms with Crippen molar-refractivity contribution in [2.24, 2.45) is 0 Å². The molecule has 0 aliphatic carbocycles. The number of esters is 1. The van der Waals surface area contributed by atoms with Gasteiger partial charge in [-0.05, 0) is 17.7 Å². The minimum absolute atomic E-state index is 0.167. The SMILES string of the molecule is COC(=O)[C@H](Cc1ccc(O)c(O)c1)NC(C)=O. The van der Waals surface area contributed by atoms with Gasteiger partial charge in [0.05, 0.1) is 7.11 Å². The van der Waals surface area contributed by atoms with E-state index < -0.39 is 12.0 Å². The number of phenols is 2. The normalized spacial score (nSPS) is 11.7. The second-order valence-corrected chi connectivity index (χ2v) is 3.80. The number of phenolic OH excluding ortho intramolecular Hbond substituents is 2. The summed E-state index contributed by atoms with van der Waals surface area (Å²) in [5, 5.41) is 21.0. The molecule has 0 saturated heterocycles. The number of hydrogen-bond donors (Lipinski definition) is 3. The van der Waals surface area contributed by atoms with E-state index in [1.807, 2.05) is 0 Å². The van der Waals surface area contributed by atoms with Gasteiger partial charge < -0.3 is 20.3 Å². The molecule has 1 rings (SSSR count). The monoisotopic (exact) mass is 253 g/mol. The Morgan fingerprint density at radius 2 is 2.00 bits per heavy atom. The first-order valence-electron chi connectivity index (χ1n) is 5.30. The molecular weight excluding hydrogens is 238 g/mol. The third kappa shape index (κ3) is 3.65. The molecule has 98 valence electrons. The third-order valence-corrected chi connectivity index (χ3v) is 2.34. The van der Waals surface area contributed by atoms with Crippen LogP contribution in [0.4, 0.5) is 0 Å². The van der Waals surface area contributed by atoms with Crippen LogP contribution < -0.4 is 5.32 Å². The van der Waals surface area contributed by atoms with Crippen LogP contribution in [0, 0.1) is 0 Å². The summed E-state index contributed by atoms with van der Waals surface area (Å²) in [6.45, 7) is 1.30. The number of amides is 1. The maximum Gasteiger partial charge on any atom is 0.328 e. The number of benzene rings is 1. The zero-order valence-electron chi connectivity index (χ0n) is 10.1. The molecule has 0 saturated carbocycles. The first-order chi connectivity index (χ1) is 8.43. The van der Waals surface area contributed by atoms with E-state index in [2.05, 4.69) is 10.1 Å². The molecule has 0 spiro atoms. The van der Waals surface area contributed by atoms with Gasteiger partial charge in [0.2, 0.25) is 5.91 Å². The molecule has 1 aromatic carbocycles. The van der Waals surface area contributed by atoms with Crippen molar-refractivity contribution in [2.75, 3.05) is 7.11 Å². The molecule has 0 unspecified atom stereocenters. The lowest BCUT2D eigenvalue weighted by Gasteiger charge is -2.15. The Balaban J connectivity index is 2.85. The molecule has 1 atom stereocenters. The molecule has 0 bridgehead atoms. The van der Waals surface area contributed by atoms with Gasteiger partial charge in [-0.2, -0.15) is 0 Å². The molecule has 0 aliphatic heterocycles. The fraction of sp³-hybridized carbons (Fsp3) is 0.333. The molecule has 0 aliphatic rings. The van der Waals surface area contributed by atoms with Crippen molar-refractivity contribution in [3.63, 3.8) is 0 Å². The van der Waals surface area contributed by atoms with E-state index >= 15 is 0 Å². The van der Waals surface area contributed by atoms with Crippen molar-refractivity contribution in [3.8, 4) is 11.5 Å². The minimum Gasteiger partial charge on any atom is -0.504 e. The number of methoxy groups -OCH3 is 1. The molecule has 18 heavy (non-hydrogen) atoms. The van der Waals surface area contributed by atoms with Crippen LogP contribution in [-0.2, 0) is 20.7 Å². The van der Waals surface area contributed by atoms with Gasteiger partial charge in [0, 0.05) is 13.3 Å². The average molecular weight is 253 g/mol. The van der Waals surface area contributed by atoms with Gasteiger partial charge in [-0.1, -0.05) is 6.07 Å². The van der Waals surface area contributed by atoms with Gasteiger partial charge in [-0.3, -0.25) is 4.79 Å². The van der Waals surface area contributed by atoms with Gasteiger partial charge in [0.25, 0.3) is 0 Å². The van der Waals surface area contributed by atoms with Gasteiger partial charge in [0.1, 0.15) is 6.04 Å². The van der Waals surface area contributed by atoms with Gasteiger partial charge in [-0.15, -0.1) is 0 Å². The summed E-state index contributed by atoms with van der Waals surface area (Å²) in [6.07, 6.45) is 0.167. The second kappa shape index (κ2) is 5.90. The standard InChI is InChI=1S/C12H15NO5/c1-7(14)13-9(12(17)18-2)5-8-3-4-10(15)11(16)6-8/h3-4,6,9,15-16H,5H2,1-2H3,(H,13,14)/t9-/m0/s1. The molecule has 3 N–H and O–H groups in total. The molecule has 0 fully saturated rings. The van der Waals surface area contributed by atoms with E-state index in [1.54, 1.807) is 6.07 Å². The van der Waals surface area contributed by atoms with E-state index in [9.17, 15) is 14.7 Å². The predicted molar refractivity (Wildman–Crippen MR) is 63.1 cm³/mol. The lowest BCUT2D eigenvalue weighted by atomic mass is 10.1. The first kappa shape index (κ1) is 13.8. The fourth-order valence-corrected chi connectivity index (χ4v) is 1.51. The molecule has 0 heterocycles. The molecule has 1 amide bonds. The van der Waals surface area contributed by atoms with E-state index in [0.29, 0.717) is 5.56 Å². The highest BCUT2D eigenvalue weighted by atomic mass is 16.5. The summed E-state index contributed by atoms with van der Waals surface area (Å²) < 4.78 is 4.57. The molecular formula is C12H15NO5. The van der Waals surface area contributed by atoms with Crippen LogP contribution in [0.25, 0.3) is 0 Å². The summed E-state index contributed by atoms with van der Waals surface area (Å²) >= 11 is 0. The molecule has 6 heteroatoms. The minimum atomic E-state index is -0.823. The second-order valence-electron chi connectivity index (χ2n) is 3.80. The fourth-order valence-electron chi connectivity index (χ4n) is 1.51. The number of rotatable bonds is 4. The molecule has 6 nitrogen and oxygen atoms in total. The van der Waals surface area contributed by atoms with Crippen LogP contribution in [0.3, 0.4) is 0 Å². The smallest absolute Gasteiger partial charge is 0.328 e. The van der Waals surface area contributed by atoms with E-state index in [0.717, 1.165) is 0 Å². The lowest BCUT2D eigenvalue weighted by Crippen LogP contribution is -2.41. The number of carbonyl (C=O) groups excluding carboxylic acids is 2. The van der Waals surface area contributed by atoms with Crippen molar-refractivity contribution < 1.29 is 24.5 Å². The highest BCUT2D eigenvalue weighted by Crippen LogP contribution is 2.25. The molecule has 0 radical (unpaired) electrons. The van der Waals surface area contributed by atoms with Crippen LogP contribution in [0.5, 0.6) is 11.5 Å². The number of hydrogen-bond acceptors (Lipinski definition) is 5. The summed E-state index contributed by atoms with van der Waals surface area (Å²) in [5.41, 5.74) is 0.592. The average Bonchev–Trinajstić information content (AvgIpc) is 2.31. The van der Waals surface area contributed by atoms with Crippen molar-refractivity contribution in [2.45, 2.75) is 19.4 Å². The van der Waals surface area contributed by atoms with Crippen LogP contribution in [-0.4, -0.2) is 35.2 Å². The Hall–Kier alpha value is -2.24. The molecule has 0 aromatic heterocycles. The number of carbonyl (C=O) groups is 2. The Morgan fingerprint density at radius 3 is 2.50 bits per heavy atom. The Bertz CT molecular complexity index is 458. The summed E-state index contributed by atoms with van der Waals surface area (Å²) in [5.74, 6) is -1.45. The van der Waals surface area contributed by atoms with E-state index in [4.69, 9.17) is 5.11 Å². The van der Waals surface area contributed by atoms with Gasteiger partial charge >= 0.3 is 5.97 Å². The molecule has 1 aromatic rings. The van der Waals surface area contributed by atoms with Crippen molar-refractivity contribution in [1.29, 1.82) is 0 Å². The highest BCUT2D eigenvalue weighted by Gasteiger charge is 2.20. The topological polar surface area (TPSA) is 95.9 Å². The predicted octanol–water partition coefficient (Wildman–Crippen LogP) is 0.318. The Labute approximate surface area is 104 Å². The quantitative estimate of drug-likeness (QED) is 0.530. The van der Waals surface area contributed by atoms with Gasteiger partial charge in [-0.25, -0.2) is 4.79 Å². The van der Waals surface area contributed by atoms with Gasteiger partial charge in [0.15, 0.2) is 11.5 Å². The Kier molecular flexibility index (Phi) is 4.53. The maximum absolute atomic E-state index is 11.5. The summed E-state index contributed by atoms with van der Waals surface area (Å²) in [4.78, 5) is 22.4. The maximum atomic E-state index is 11.5. The Morgan fingerprint density at radius 1 is 1.33 bits per heavy atom. The van der Waals surface area contributed by atoms with Crippen LogP contribution >= 0.6 is 0 Å². The zero-order chi connectivity index (χ0) is 13.7.